The zero-order chi connectivity index (χ0) is 18.7. The molecule has 2 unspecified atom stereocenters. The molecule has 0 aromatic heterocycles. The Morgan fingerprint density at radius 3 is 2.72 bits per heavy atom. The Hall–Kier alpha value is -2.19. The molecule has 25 heavy (non-hydrogen) atoms. The second kappa shape index (κ2) is 11.4. The minimum Gasteiger partial charge on any atom is -0.469 e. The quantitative estimate of drug-likeness (QED) is 0.531. The molecule has 0 saturated carbocycles. The van der Waals surface area contributed by atoms with Crippen molar-refractivity contribution >= 4 is 18.2 Å². The highest BCUT2D eigenvalue weighted by atomic mass is 16.6. The van der Waals surface area contributed by atoms with Crippen LogP contribution in [-0.4, -0.2) is 61.4 Å². The van der Waals surface area contributed by atoms with Gasteiger partial charge in [0.2, 0.25) is 0 Å². The smallest absolute Gasteiger partial charge is 0.306 e. The summed E-state index contributed by atoms with van der Waals surface area (Å²) in [7, 11) is 2.28. The van der Waals surface area contributed by atoms with E-state index in [2.05, 4.69) is 4.74 Å². The third kappa shape index (κ3) is 7.06. The Balaban J connectivity index is 0.00000151. The molecule has 1 saturated heterocycles. The highest BCUT2D eigenvalue weighted by Gasteiger charge is 2.29. The third-order valence-corrected chi connectivity index (χ3v) is 3.71. The molecule has 2 aliphatic rings. The standard InChI is InChI=1S/C16H21NO6.CH4O/c1-21-15(19)6-7-16(20)22-11-13-4-5-14(23-13)17-8-2-3-12(9-17)10-18;1-2/h2,8-10,13-14H,3-7,11H2,1H3;2H,1H3. The van der Waals surface area contributed by atoms with E-state index in [9.17, 15) is 14.4 Å². The summed E-state index contributed by atoms with van der Waals surface area (Å²) in [4.78, 5) is 35.2. The average Bonchev–Trinajstić information content (AvgIpc) is 3.15. The lowest BCUT2D eigenvalue weighted by molar-refractivity contribution is -0.152. The molecule has 2 rings (SSSR count). The molecule has 0 aliphatic carbocycles. The predicted molar refractivity (Wildman–Crippen MR) is 88.0 cm³/mol. The molecular weight excluding hydrogens is 330 g/mol. The first kappa shape index (κ1) is 20.9. The van der Waals surface area contributed by atoms with Crippen molar-refractivity contribution in [3.63, 3.8) is 0 Å². The number of allylic oxidation sites excluding steroid dienone is 2. The van der Waals surface area contributed by atoms with Crippen LogP contribution < -0.4 is 0 Å². The first-order chi connectivity index (χ1) is 12.1. The highest BCUT2D eigenvalue weighted by molar-refractivity contribution is 5.77. The van der Waals surface area contributed by atoms with Gasteiger partial charge in [0.25, 0.3) is 0 Å². The van der Waals surface area contributed by atoms with E-state index in [4.69, 9.17) is 14.6 Å². The van der Waals surface area contributed by atoms with Crippen LogP contribution in [-0.2, 0) is 28.6 Å². The number of carbonyl (C=O) groups excluding carboxylic acids is 3. The number of hydrogen-bond donors (Lipinski definition) is 1. The van der Waals surface area contributed by atoms with E-state index in [1.54, 1.807) is 6.20 Å². The minimum atomic E-state index is -0.441. The normalized spacial score (nSPS) is 21.7. The molecule has 0 aromatic rings. The summed E-state index contributed by atoms with van der Waals surface area (Å²) in [6.45, 7) is 0.165. The Labute approximate surface area is 147 Å². The van der Waals surface area contributed by atoms with E-state index in [-0.39, 0.29) is 31.8 Å². The summed E-state index contributed by atoms with van der Waals surface area (Å²) in [6, 6.07) is 0. The van der Waals surface area contributed by atoms with Gasteiger partial charge in [0.15, 0.2) is 0 Å². The number of aldehydes is 1. The monoisotopic (exact) mass is 355 g/mol. The summed E-state index contributed by atoms with van der Waals surface area (Å²) >= 11 is 0. The van der Waals surface area contributed by atoms with Crippen LogP contribution in [0, 0.1) is 0 Å². The van der Waals surface area contributed by atoms with Gasteiger partial charge in [0.1, 0.15) is 19.1 Å². The topological polar surface area (TPSA) is 102 Å². The molecule has 0 amide bonds. The van der Waals surface area contributed by atoms with Gasteiger partial charge in [0, 0.05) is 25.1 Å². The lowest BCUT2D eigenvalue weighted by Crippen LogP contribution is -2.29. The molecule has 0 radical (unpaired) electrons. The van der Waals surface area contributed by atoms with Crippen LogP contribution >= 0.6 is 0 Å². The second-order valence-corrected chi connectivity index (χ2v) is 5.41. The summed E-state index contributed by atoms with van der Waals surface area (Å²) in [5.41, 5.74) is 0.703. The van der Waals surface area contributed by atoms with E-state index in [1.807, 2.05) is 17.2 Å². The van der Waals surface area contributed by atoms with Crippen LogP contribution in [0.15, 0.2) is 24.0 Å². The van der Waals surface area contributed by atoms with Crippen LogP contribution in [0.1, 0.15) is 32.1 Å². The number of methoxy groups -OCH3 is 1. The Bertz CT molecular complexity index is 515. The summed E-state index contributed by atoms with van der Waals surface area (Å²) in [5.74, 6) is -0.878. The molecular formula is C17H25NO7. The maximum atomic E-state index is 11.5. The molecule has 0 aromatic carbocycles. The summed E-state index contributed by atoms with van der Waals surface area (Å²) in [6.07, 6.45) is 8.30. The van der Waals surface area contributed by atoms with Crippen LogP contribution in [0.4, 0.5) is 0 Å². The van der Waals surface area contributed by atoms with E-state index in [1.165, 1.54) is 7.11 Å². The van der Waals surface area contributed by atoms with Crippen LogP contribution in [0.5, 0.6) is 0 Å². The summed E-state index contributed by atoms with van der Waals surface area (Å²) in [5, 5.41) is 7.00. The number of carbonyl (C=O) groups is 3. The Morgan fingerprint density at radius 1 is 1.32 bits per heavy atom. The van der Waals surface area contributed by atoms with Crippen molar-refractivity contribution in [1.82, 2.24) is 4.90 Å². The fraction of sp³-hybridized carbons (Fsp3) is 0.588. The molecule has 8 nitrogen and oxygen atoms in total. The Kier molecular flexibility index (Phi) is 9.49. The lowest BCUT2D eigenvalue weighted by atomic mass is 10.1. The fourth-order valence-electron chi connectivity index (χ4n) is 2.45. The number of ether oxygens (including phenoxy) is 3. The number of hydrogen-bond acceptors (Lipinski definition) is 8. The number of esters is 2. The van der Waals surface area contributed by atoms with E-state index in [0.717, 1.165) is 26.2 Å². The average molecular weight is 355 g/mol. The number of nitrogens with zero attached hydrogens (tertiary/aromatic N) is 1. The molecule has 1 fully saturated rings. The van der Waals surface area contributed by atoms with E-state index in [0.29, 0.717) is 12.0 Å². The predicted octanol–water partition coefficient (Wildman–Crippen LogP) is 0.899. The van der Waals surface area contributed by atoms with Crippen molar-refractivity contribution in [3.05, 3.63) is 24.0 Å². The number of aliphatic hydroxyl groups is 1. The largest absolute Gasteiger partial charge is 0.469 e. The van der Waals surface area contributed by atoms with Crippen molar-refractivity contribution in [1.29, 1.82) is 0 Å². The van der Waals surface area contributed by atoms with Crippen LogP contribution in [0.25, 0.3) is 0 Å². The maximum absolute atomic E-state index is 11.5. The molecule has 8 heteroatoms. The van der Waals surface area contributed by atoms with Crippen LogP contribution in [0.3, 0.4) is 0 Å². The summed E-state index contributed by atoms with van der Waals surface area (Å²) < 4.78 is 15.4. The van der Waals surface area contributed by atoms with Crippen molar-refractivity contribution in [2.24, 2.45) is 0 Å². The van der Waals surface area contributed by atoms with Gasteiger partial charge in [-0.3, -0.25) is 14.4 Å². The van der Waals surface area contributed by atoms with E-state index < -0.39 is 11.9 Å². The minimum absolute atomic E-state index is 0.00309. The maximum Gasteiger partial charge on any atom is 0.306 e. The van der Waals surface area contributed by atoms with Gasteiger partial charge in [-0.05, 0) is 19.3 Å². The zero-order valence-corrected chi connectivity index (χ0v) is 14.6. The van der Waals surface area contributed by atoms with Gasteiger partial charge >= 0.3 is 11.9 Å². The molecule has 0 bridgehead atoms. The van der Waals surface area contributed by atoms with Gasteiger partial charge in [-0.2, -0.15) is 0 Å². The SMILES string of the molecule is CO.COC(=O)CCC(=O)OCC1CCC(N2C=CCC(C=O)=C2)O1. The first-order valence-electron chi connectivity index (χ1n) is 8.05. The molecule has 0 spiro atoms. The third-order valence-electron chi connectivity index (χ3n) is 3.71. The molecule has 140 valence electrons. The molecule has 1 N–H and O–H groups in total. The molecule has 2 aliphatic heterocycles. The van der Waals surface area contributed by atoms with Crippen molar-refractivity contribution in [2.75, 3.05) is 20.8 Å². The number of rotatable bonds is 7. The number of aliphatic hydroxyl groups excluding tert-OH is 1. The van der Waals surface area contributed by atoms with Gasteiger partial charge in [-0.15, -0.1) is 0 Å². The zero-order valence-electron chi connectivity index (χ0n) is 14.6. The van der Waals surface area contributed by atoms with Crippen molar-refractivity contribution < 1.29 is 33.7 Å². The van der Waals surface area contributed by atoms with Crippen molar-refractivity contribution in [3.8, 4) is 0 Å². The molecule has 2 heterocycles. The van der Waals surface area contributed by atoms with Gasteiger partial charge in [0.05, 0.1) is 26.1 Å². The van der Waals surface area contributed by atoms with Crippen LogP contribution in [0.2, 0.25) is 0 Å². The lowest BCUT2D eigenvalue weighted by Gasteiger charge is -2.26. The van der Waals surface area contributed by atoms with Gasteiger partial charge in [-0.1, -0.05) is 6.08 Å². The highest BCUT2D eigenvalue weighted by Crippen LogP contribution is 2.26. The fourth-order valence-corrected chi connectivity index (χ4v) is 2.45. The second-order valence-electron chi connectivity index (χ2n) is 5.41. The Morgan fingerprint density at radius 2 is 2.04 bits per heavy atom. The molecule has 2 atom stereocenters. The van der Waals surface area contributed by atoms with Gasteiger partial charge < -0.3 is 24.2 Å². The van der Waals surface area contributed by atoms with E-state index >= 15 is 0 Å². The van der Waals surface area contributed by atoms with Gasteiger partial charge in [-0.25, -0.2) is 0 Å². The first-order valence-corrected chi connectivity index (χ1v) is 8.05. The van der Waals surface area contributed by atoms with Crippen molar-refractivity contribution in [2.45, 2.75) is 44.4 Å².